The highest BCUT2D eigenvalue weighted by Crippen LogP contribution is 2.39. The number of guanidine groups is 1. The first-order valence-electron chi connectivity index (χ1n) is 10.0. The number of amides is 1. The molecule has 1 aliphatic carbocycles. The number of ether oxygens (including phenoxy) is 1. The molecular formula is C21H34FIN4O2. The average molecular weight is 520 g/mol. The SMILES string of the molecule is CCNC(=NCC1(C(=O)N(C)C)CCCC1)NCC(C)Oc1ccccc1F.I. The second-order valence-electron chi connectivity index (χ2n) is 7.62. The first kappa shape index (κ1) is 25.5. The lowest BCUT2D eigenvalue weighted by atomic mass is 9.85. The van der Waals surface area contributed by atoms with E-state index in [1.807, 2.05) is 13.8 Å². The minimum absolute atomic E-state index is 0. The Morgan fingerprint density at radius 1 is 1.28 bits per heavy atom. The maximum absolute atomic E-state index is 13.7. The van der Waals surface area contributed by atoms with Crippen LogP contribution in [0.15, 0.2) is 29.3 Å². The number of rotatable bonds is 8. The predicted octanol–water partition coefficient (Wildman–Crippen LogP) is 3.41. The summed E-state index contributed by atoms with van der Waals surface area (Å²) in [5.74, 6) is 0.658. The second kappa shape index (κ2) is 12.2. The molecule has 8 heteroatoms. The van der Waals surface area contributed by atoms with E-state index in [-0.39, 0.29) is 47.6 Å². The summed E-state index contributed by atoms with van der Waals surface area (Å²) in [5.41, 5.74) is -0.402. The molecule has 0 spiro atoms. The minimum Gasteiger partial charge on any atom is -0.486 e. The number of hydrogen-bond acceptors (Lipinski definition) is 3. The zero-order chi connectivity index (χ0) is 20.6. The van der Waals surface area contributed by atoms with Gasteiger partial charge in [-0.3, -0.25) is 9.79 Å². The number of para-hydroxylation sites is 1. The molecule has 1 aromatic carbocycles. The lowest BCUT2D eigenvalue weighted by Crippen LogP contribution is -2.44. The summed E-state index contributed by atoms with van der Waals surface area (Å²) >= 11 is 0. The van der Waals surface area contributed by atoms with Crippen LogP contribution in [0.2, 0.25) is 0 Å². The van der Waals surface area contributed by atoms with Gasteiger partial charge in [0.05, 0.1) is 18.5 Å². The summed E-state index contributed by atoms with van der Waals surface area (Å²) in [5, 5.41) is 6.44. The van der Waals surface area contributed by atoms with E-state index in [1.54, 1.807) is 37.2 Å². The Morgan fingerprint density at radius 2 is 1.93 bits per heavy atom. The maximum Gasteiger partial charge on any atom is 0.230 e. The third-order valence-electron chi connectivity index (χ3n) is 5.03. The third-order valence-corrected chi connectivity index (χ3v) is 5.03. The largest absolute Gasteiger partial charge is 0.486 e. The summed E-state index contributed by atoms with van der Waals surface area (Å²) in [4.78, 5) is 19.1. The van der Waals surface area contributed by atoms with Gasteiger partial charge in [-0.1, -0.05) is 25.0 Å². The number of carbonyl (C=O) groups excluding carboxylic acids is 1. The highest BCUT2D eigenvalue weighted by Gasteiger charge is 2.42. The Balaban J connectivity index is 0.00000420. The van der Waals surface area contributed by atoms with Gasteiger partial charge in [0, 0.05) is 20.6 Å². The van der Waals surface area contributed by atoms with E-state index in [0.717, 1.165) is 25.7 Å². The fourth-order valence-corrected chi connectivity index (χ4v) is 3.58. The van der Waals surface area contributed by atoms with Crippen LogP contribution < -0.4 is 15.4 Å². The Kier molecular flexibility index (Phi) is 10.7. The Bertz CT molecular complexity index is 678. The van der Waals surface area contributed by atoms with Gasteiger partial charge in [-0.25, -0.2) is 4.39 Å². The molecule has 164 valence electrons. The van der Waals surface area contributed by atoms with E-state index in [2.05, 4.69) is 15.6 Å². The lowest BCUT2D eigenvalue weighted by Gasteiger charge is -2.29. The molecule has 0 radical (unpaired) electrons. The third kappa shape index (κ3) is 7.31. The van der Waals surface area contributed by atoms with Crippen LogP contribution in [0.5, 0.6) is 5.75 Å². The Labute approximate surface area is 190 Å². The van der Waals surface area contributed by atoms with Gasteiger partial charge in [0.2, 0.25) is 5.91 Å². The molecule has 1 unspecified atom stereocenters. The van der Waals surface area contributed by atoms with Gasteiger partial charge in [-0.15, -0.1) is 24.0 Å². The lowest BCUT2D eigenvalue weighted by molar-refractivity contribution is -0.138. The van der Waals surface area contributed by atoms with Gasteiger partial charge in [0.25, 0.3) is 0 Å². The number of nitrogens with one attached hydrogen (secondary N) is 2. The van der Waals surface area contributed by atoms with Crippen LogP contribution >= 0.6 is 24.0 Å². The highest BCUT2D eigenvalue weighted by atomic mass is 127. The average Bonchev–Trinajstić information content (AvgIpc) is 3.15. The van der Waals surface area contributed by atoms with Crippen LogP contribution in [0, 0.1) is 11.2 Å². The van der Waals surface area contributed by atoms with Crippen molar-refractivity contribution in [2.45, 2.75) is 45.6 Å². The van der Waals surface area contributed by atoms with E-state index in [0.29, 0.717) is 25.6 Å². The summed E-state index contributed by atoms with van der Waals surface area (Å²) < 4.78 is 19.4. The molecule has 1 saturated carbocycles. The molecule has 1 amide bonds. The maximum atomic E-state index is 13.7. The van der Waals surface area contributed by atoms with E-state index in [1.165, 1.54) is 6.07 Å². The highest BCUT2D eigenvalue weighted by molar-refractivity contribution is 14.0. The molecule has 1 fully saturated rings. The molecule has 6 nitrogen and oxygen atoms in total. The van der Waals surface area contributed by atoms with Crippen molar-refractivity contribution in [1.82, 2.24) is 15.5 Å². The van der Waals surface area contributed by atoms with Crippen molar-refractivity contribution in [1.29, 1.82) is 0 Å². The number of benzene rings is 1. The van der Waals surface area contributed by atoms with Crippen LogP contribution in [-0.4, -0.2) is 56.6 Å². The zero-order valence-corrected chi connectivity index (χ0v) is 20.2. The Hall–Kier alpha value is -1.58. The van der Waals surface area contributed by atoms with E-state index in [9.17, 15) is 9.18 Å². The van der Waals surface area contributed by atoms with Gasteiger partial charge < -0.3 is 20.3 Å². The number of aliphatic imine (C=N–C) groups is 1. The van der Waals surface area contributed by atoms with E-state index >= 15 is 0 Å². The molecule has 0 aliphatic heterocycles. The van der Waals surface area contributed by atoms with Crippen molar-refractivity contribution in [3.63, 3.8) is 0 Å². The van der Waals surface area contributed by atoms with Crippen LogP contribution in [0.3, 0.4) is 0 Å². The normalized spacial score (nSPS) is 16.5. The zero-order valence-electron chi connectivity index (χ0n) is 17.8. The van der Waals surface area contributed by atoms with Gasteiger partial charge in [-0.05, 0) is 38.8 Å². The standard InChI is InChI=1S/C21H33FN4O2.HI/c1-5-23-20(24-14-16(2)28-18-11-7-6-10-17(18)22)25-15-21(12-8-9-13-21)19(27)26(3)4;/h6-7,10-11,16H,5,8-9,12-15H2,1-4H3,(H2,23,24,25);1H. The first-order chi connectivity index (χ1) is 13.4. The number of carbonyl (C=O) groups is 1. The van der Waals surface area contributed by atoms with E-state index in [4.69, 9.17) is 4.74 Å². The monoisotopic (exact) mass is 520 g/mol. The Morgan fingerprint density at radius 3 is 2.52 bits per heavy atom. The van der Waals surface area contributed by atoms with Crippen LogP contribution in [0.25, 0.3) is 0 Å². The minimum atomic E-state index is -0.402. The topological polar surface area (TPSA) is 66.0 Å². The predicted molar refractivity (Wildman–Crippen MR) is 125 cm³/mol. The summed E-state index contributed by atoms with van der Waals surface area (Å²) in [6.45, 7) is 5.50. The summed E-state index contributed by atoms with van der Waals surface area (Å²) in [7, 11) is 3.61. The van der Waals surface area contributed by atoms with Gasteiger partial charge in [-0.2, -0.15) is 0 Å². The number of nitrogens with zero attached hydrogens (tertiary/aromatic N) is 2. The summed E-state index contributed by atoms with van der Waals surface area (Å²) in [6, 6.07) is 6.37. The van der Waals surface area contributed by atoms with E-state index < -0.39 is 5.41 Å². The molecule has 1 aliphatic rings. The molecule has 2 rings (SSSR count). The van der Waals surface area contributed by atoms with Crippen LogP contribution in [0.4, 0.5) is 4.39 Å². The molecular weight excluding hydrogens is 486 g/mol. The molecule has 0 aromatic heterocycles. The van der Waals surface area contributed by atoms with Gasteiger partial charge in [0.1, 0.15) is 6.10 Å². The van der Waals surface area contributed by atoms with Crippen molar-refractivity contribution in [3.05, 3.63) is 30.1 Å². The smallest absolute Gasteiger partial charge is 0.230 e. The van der Waals surface area contributed by atoms with Crippen molar-refractivity contribution < 1.29 is 13.9 Å². The van der Waals surface area contributed by atoms with Crippen molar-refractivity contribution in [2.75, 3.05) is 33.7 Å². The molecule has 0 heterocycles. The van der Waals surface area contributed by atoms with Crippen molar-refractivity contribution in [2.24, 2.45) is 10.4 Å². The molecule has 1 atom stereocenters. The number of hydrogen-bond donors (Lipinski definition) is 2. The fraction of sp³-hybridized carbons (Fsp3) is 0.619. The summed E-state index contributed by atoms with van der Waals surface area (Å²) in [6.07, 6.45) is 3.63. The van der Waals surface area contributed by atoms with Gasteiger partial charge >= 0.3 is 0 Å². The van der Waals surface area contributed by atoms with Crippen molar-refractivity contribution >= 4 is 35.8 Å². The van der Waals surface area contributed by atoms with Crippen LogP contribution in [-0.2, 0) is 4.79 Å². The molecule has 1 aromatic rings. The number of halogens is 2. The molecule has 0 bridgehead atoms. The van der Waals surface area contributed by atoms with Crippen molar-refractivity contribution in [3.8, 4) is 5.75 Å². The molecule has 2 N–H and O–H groups in total. The molecule has 29 heavy (non-hydrogen) atoms. The first-order valence-corrected chi connectivity index (χ1v) is 10.0. The quantitative estimate of drug-likeness (QED) is 0.313. The fourth-order valence-electron chi connectivity index (χ4n) is 3.58. The second-order valence-corrected chi connectivity index (χ2v) is 7.62. The van der Waals surface area contributed by atoms with Gasteiger partial charge in [0.15, 0.2) is 17.5 Å². The van der Waals surface area contributed by atoms with Crippen LogP contribution in [0.1, 0.15) is 39.5 Å². The molecule has 0 saturated heterocycles.